The van der Waals surface area contributed by atoms with Crippen LogP contribution in [-0.4, -0.2) is 54.3 Å². The lowest BCUT2D eigenvalue weighted by Crippen LogP contribution is -2.50. The molecule has 1 saturated heterocycles. The topological polar surface area (TPSA) is 90.9 Å². The van der Waals surface area contributed by atoms with Crippen LogP contribution in [0.5, 0.6) is 5.75 Å². The normalized spacial score (nSPS) is 19.2. The number of aliphatic hydroxyl groups excluding tert-OH is 1. The second-order valence-corrected chi connectivity index (χ2v) is 6.90. The molecule has 0 saturated carbocycles. The molecule has 8 heteroatoms. The Morgan fingerprint density at radius 3 is 2.48 bits per heavy atom. The molecule has 7 nitrogen and oxygen atoms in total. The first-order valence-electron chi connectivity index (χ1n) is 9.41. The molecule has 2 aromatic rings. The van der Waals surface area contributed by atoms with Crippen molar-refractivity contribution in [3.63, 3.8) is 0 Å². The van der Waals surface area contributed by atoms with Crippen LogP contribution in [0, 0.1) is 5.82 Å². The number of likely N-dealkylation sites (tertiary alicyclic amines) is 1. The van der Waals surface area contributed by atoms with Crippen LogP contribution in [-0.2, 0) is 0 Å². The predicted molar refractivity (Wildman–Crippen MR) is 106 cm³/mol. The van der Waals surface area contributed by atoms with Gasteiger partial charge in [-0.15, -0.1) is 0 Å². The van der Waals surface area contributed by atoms with Gasteiger partial charge >= 0.3 is 6.03 Å². The highest BCUT2D eigenvalue weighted by atomic mass is 19.1. The van der Waals surface area contributed by atoms with Crippen molar-refractivity contribution >= 4 is 17.6 Å². The largest absolute Gasteiger partial charge is 0.497 e. The summed E-state index contributed by atoms with van der Waals surface area (Å²) in [5.74, 6) is -0.0839. The SMILES string of the molecule is COc1ccc(C(=O)N[C@@H]2CN(C(=O)Nc3ccc(F)cc3)CCC[C@H]2O)cc1. The maximum Gasteiger partial charge on any atom is 0.321 e. The molecule has 1 aliphatic heterocycles. The van der Waals surface area contributed by atoms with Crippen LogP contribution in [0.3, 0.4) is 0 Å². The zero-order valence-corrected chi connectivity index (χ0v) is 16.1. The zero-order valence-electron chi connectivity index (χ0n) is 16.1. The summed E-state index contributed by atoms with van der Waals surface area (Å²) >= 11 is 0. The molecule has 0 aliphatic carbocycles. The smallest absolute Gasteiger partial charge is 0.321 e. The molecule has 1 heterocycles. The number of carbonyl (C=O) groups is 2. The minimum Gasteiger partial charge on any atom is -0.497 e. The van der Waals surface area contributed by atoms with Crippen LogP contribution in [0.2, 0.25) is 0 Å². The van der Waals surface area contributed by atoms with Gasteiger partial charge in [-0.2, -0.15) is 0 Å². The number of halogens is 1. The van der Waals surface area contributed by atoms with Crippen molar-refractivity contribution in [2.45, 2.75) is 25.0 Å². The van der Waals surface area contributed by atoms with Gasteiger partial charge in [0.15, 0.2) is 0 Å². The zero-order chi connectivity index (χ0) is 20.8. The molecule has 2 atom stereocenters. The van der Waals surface area contributed by atoms with Crippen molar-refractivity contribution in [2.24, 2.45) is 0 Å². The number of urea groups is 1. The number of aliphatic hydroxyl groups is 1. The summed E-state index contributed by atoms with van der Waals surface area (Å²) in [5.41, 5.74) is 0.907. The molecule has 0 spiro atoms. The molecule has 29 heavy (non-hydrogen) atoms. The van der Waals surface area contributed by atoms with E-state index in [2.05, 4.69) is 10.6 Å². The quantitative estimate of drug-likeness (QED) is 0.735. The molecule has 1 aliphatic rings. The first-order chi connectivity index (χ1) is 14.0. The molecule has 3 rings (SSSR count). The number of benzene rings is 2. The number of nitrogens with zero attached hydrogens (tertiary/aromatic N) is 1. The maximum atomic E-state index is 13.0. The minimum absolute atomic E-state index is 0.163. The average Bonchev–Trinajstić information content (AvgIpc) is 2.91. The third-order valence-electron chi connectivity index (χ3n) is 4.86. The lowest BCUT2D eigenvalue weighted by Gasteiger charge is -2.27. The van der Waals surface area contributed by atoms with Crippen molar-refractivity contribution in [1.29, 1.82) is 0 Å². The molecule has 1 fully saturated rings. The number of carbonyl (C=O) groups excluding carboxylic acids is 2. The predicted octanol–water partition coefficient (Wildman–Crippen LogP) is 2.62. The van der Waals surface area contributed by atoms with E-state index in [0.717, 1.165) is 0 Å². The van der Waals surface area contributed by atoms with Gasteiger partial charge in [-0.05, 0) is 61.4 Å². The standard InChI is InChI=1S/C21H24FN3O4/c1-29-17-10-4-14(5-11-17)20(27)24-18-13-25(12-2-3-19(18)26)21(28)23-16-8-6-15(22)7-9-16/h4-11,18-19,26H,2-3,12-13H2,1H3,(H,23,28)(H,24,27)/t18-,19-/m1/s1. The maximum absolute atomic E-state index is 13.0. The summed E-state index contributed by atoms with van der Waals surface area (Å²) < 4.78 is 18.1. The summed E-state index contributed by atoms with van der Waals surface area (Å²) in [6.07, 6.45) is 0.307. The molecule has 0 aromatic heterocycles. The summed E-state index contributed by atoms with van der Waals surface area (Å²) in [7, 11) is 1.54. The van der Waals surface area contributed by atoms with Gasteiger partial charge in [-0.1, -0.05) is 0 Å². The van der Waals surface area contributed by atoms with Crippen LogP contribution < -0.4 is 15.4 Å². The first kappa shape index (κ1) is 20.6. The van der Waals surface area contributed by atoms with Gasteiger partial charge in [-0.3, -0.25) is 4.79 Å². The molecule has 154 valence electrons. The number of rotatable bonds is 4. The fourth-order valence-electron chi connectivity index (χ4n) is 3.20. The molecule has 0 bridgehead atoms. The molecular weight excluding hydrogens is 377 g/mol. The van der Waals surface area contributed by atoms with Crippen molar-refractivity contribution in [3.8, 4) is 5.75 Å². The Morgan fingerprint density at radius 1 is 1.14 bits per heavy atom. The number of amides is 3. The lowest BCUT2D eigenvalue weighted by atomic mass is 10.1. The van der Waals surface area contributed by atoms with Crippen molar-refractivity contribution in [3.05, 3.63) is 59.9 Å². The highest BCUT2D eigenvalue weighted by Crippen LogP contribution is 2.16. The average molecular weight is 401 g/mol. The molecular formula is C21H24FN3O4. The fraction of sp³-hybridized carbons (Fsp3) is 0.333. The van der Waals surface area contributed by atoms with Gasteiger partial charge in [0.2, 0.25) is 0 Å². The minimum atomic E-state index is -0.763. The van der Waals surface area contributed by atoms with Crippen LogP contribution in [0.1, 0.15) is 23.2 Å². The third-order valence-corrected chi connectivity index (χ3v) is 4.86. The Bertz CT molecular complexity index is 842. The number of hydrogen-bond acceptors (Lipinski definition) is 4. The van der Waals surface area contributed by atoms with Crippen LogP contribution in [0.15, 0.2) is 48.5 Å². The monoisotopic (exact) mass is 401 g/mol. The van der Waals surface area contributed by atoms with E-state index in [0.29, 0.717) is 36.4 Å². The summed E-state index contributed by atoms with van der Waals surface area (Å²) in [6.45, 7) is 0.606. The Balaban J connectivity index is 1.65. The number of methoxy groups -OCH3 is 1. The Hall–Kier alpha value is -3.13. The van der Waals surface area contributed by atoms with E-state index in [1.165, 1.54) is 24.3 Å². The van der Waals surface area contributed by atoms with Crippen LogP contribution >= 0.6 is 0 Å². The summed E-state index contributed by atoms with van der Waals surface area (Å²) in [4.78, 5) is 26.7. The van der Waals surface area contributed by atoms with Crippen molar-refractivity contribution < 1.29 is 23.8 Å². The highest BCUT2D eigenvalue weighted by molar-refractivity contribution is 5.94. The van der Waals surface area contributed by atoms with Crippen molar-refractivity contribution in [2.75, 3.05) is 25.5 Å². The van der Waals surface area contributed by atoms with E-state index in [9.17, 15) is 19.1 Å². The van der Waals surface area contributed by atoms with E-state index < -0.39 is 12.1 Å². The molecule has 2 aromatic carbocycles. The van der Waals surface area contributed by atoms with E-state index in [1.54, 1.807) is 36.3 Å². The fourth-order valence-corrected chi connectivity index (χ4v) is 3.20. The molecule has 3 N–H and O–H groups in total. The first-order valence-corrected chi connectivity index (χ1v) is 9.41. The Morgan fingerprint density at radius 2 is 1.83 bits per heavy atom. The van der Waals surface area contributed by atoms with Gasteiger partial charge < -0.3 is 25.4 Å². The van der Waals surface area contributed by atoms with Gasteiger partial charge in [0.05, 0.1) is 19.3 Å². The van der Waals surface area contributed by atoms with Gasteiger partial charge in [-0.25, -0.2) is 9.18 Å². The van der Waals surface area contributed by atoms with E-state index in [-0.39, 0.29) is 24.3 Å². The molecule has 0 unspecified atom stereocenters. The van der Waals surface area contributed by atoms with Crippen molar-refractivity contribution in [1.82, 2.24) is 10.2 Å². The van der Waals surface area contributed by atoms with Crippen LogP contribution in [0.25, 0.3) is 0 Å². The van der Waals surface area contributed by atoms with E-state index in [4.69, 9.17) is 4.74 Å². The second kappa shape index (κ2) is 9.38. The molecule has 0 radical (unpaired) electrons. The number of nitrogens with one attached hydrogen (secondary N) is 2. The number of ether oxygens (including phenoxy) is 1. The Labute approximate surface area is 168 Å². The number of anilines is 1. The lowest BCUT2D eigenvalue weighted by molar-refractivity contribution is 0.0811. The third kappa shape index (κ3) is 5.45. The van der Waals surface area contributed by atoms with E-state index in [1.807, 2.05) is 0 Å². The highest BCUT2D eigenvalue weighted by Gasteiger charge is 2.29. The summed E-state index contributed by atoms with van der Waals surface area (Å²) in [5, 5.41) is 15.9. The number of hydrogen-bond donors (Lipinski definition) is 3. The Kier molecular flexibility index (Phi) is 6.66. The molecule has 3 amide bonds. The van der Waals surface area contributed by atoms with Gasteiger partial charge in [0, 0.05) is 24.3 Å². The van der Waals surface area contributed by atoms with Gasteiger partial charge in [0.1, 0.15) is 11.6 Å². The second-order valence-electron chi connectivity index (χ2n) is 6.90. The van der Waals surface area contributed by atoms with Gasteiger partial charge in [0.25, 0.3) is 5.91 Å². The summed E-state index contributed by atoms with van der Waals surface area (Å²) in [6, 6.07) is 11.1. The van der Waals surface area contributed by atoms with Crippen LogP contribution in [0.4, 0.5) is 14.9 Å². The van der Waals surface area contributed by atoms with E-state index >= 15 is 0 Å².